The molecule has 3 aromatic rings. The summed E-state index contributed by atoms with van der Waals surface area (Å²) >= 11 is 6.16. The maximum Gasteiger partial charge on any atom is 0.276 e. The molecule has 0 unspecified atom stereocenters. The summed E-state index contributed by atoms with van der Waals surface area (Å²) in [6.07, 6.45) is 3.07. The quantitative estimate of drug-likeness (QED) is 0.514. The molecule has 0 aliphatic heterocycles. The van der Waals surface area contributed by atoms with Crippen molar-refractivity contribution in [1.82, 2.24) is 9.99 Å². The van der Waals surface area contributed by atoms with Gasteiger partial charge in [-0.2, -0.15) is 5.10 Å². The van der Waals surface area contributed by atoms with Crippen LogP contribution >= 0.6 is 11.6 Å². The van der Waals surface area contributed by atoms with Gasteiger partial charge in [-0.15, -0.1) is 0 Å². The van der Waals surface area contributed by atoms with Crippen molar-refractivity contribution < 1.29 is 9.53 Å². The number of hydrogen-bond donors (Lipinski definition) is 1. The van der Waals surface area contributed by atoms with E-state index in [0.29, 0.717) is 16.3 Å². The number of para-hydroxylation sites is 1. The van der Waals surface area contributed by atoms with Crippen molar-refractivity contribution in [3.05, 3.63) is 98.9 Å². The molecular formula is C21H18ClN3O3. The van der Waals surface area contributed by atoms with Crippen molar-refractivity contribution in [2.45, 2.75) is 6.54 Å². The Labute approximate surface area is 167 Å². The zero-order chi connectivity index (χ0) is 19.9. The first-order chi connectivity index (χ1) is 13.6. The van der Waals surface area contributed by atoms with Gasteiger partial charge in [0.25, 0.3) is 11.5 Å². The Balaban J connectivity index is 1.76. The number of methoxy groups -OCH3 is 1. The number of amides is 1. The first-order valence-electron chi connectivity index (χ1n) is 8.49. The van der Waals surface area contributed by atoms with E-state index in [0.717, 1.165) is 5.56 Å². The van der Waals surface area contributed by atoms with E-state index in [-0.39, 0.29) is 12.1 Å². The second-order valence-corrected chi connectivity index (χ2v) is 6.29. The normalized spacial score (nSPS) is 10.8. The molecule has 0 radical (unpaired) electrons. The van der Waals surface area contributed by atoms with Gasteiger partial charge in [0, 0.05) is 16.8 Å². The SMILES string of the molecule is COc1ccccc1/C=N\NC(=O)c1cccn(Cc2ccccc2Cl)c1=O. The van der Waals surface area contributed by atoms with Gasteiger partial charge >= 0.3 is 0 Å². The number of rotatable bonds is 6. The van der Waals surface area contributed by atoms with Crippen LogP contribution in [0.3, 0.4) is 0 Å². The zero-order valence-corrected chi connectivity index (χ0v) is 15.9. The summed E-state index contributed by atoms with van der Waals surface area (Å²) in [5.41, 5.74) is 3.44. The highest BCUT2D eigenvalue weighted by atomic mass is 35.5. The third-order valence-corrected chi connectivity index (χ3v) is 4.44. The molecule has 0 saturated carbocycles. The minimum Gasteiger partial charge on any atom is -0.496 e. The average Bonchev–Trinajstić information content (AvgIpc) is 2.71. The number of pyridine rings is 1. The van der Waals surface area contributed by atoms with Crippen molar-refractivity contribution in [2.24, 2.45) is 5.10 Å². The molecule has 2 aromatic carbocycles. The van der Waals surface area contributed by atoms with Gasteiger partial charge in [0.2, 0.25) is 0 Å². The summed E-state index contributed by atoms with van der Waals surface area (Å²) in [6.45, 7) is 0.268. The molecule has 3 rings (SSSR count). The highest BCUT2D eigenvalue weighted by molar-refractivity contribution is 6.31. The van der Waals surface area contributed by atoms with Crippen LogP contribution < -0.4 is 15.7 Å². The summed E-state index contributed by atoms with van der Waals surface area (Å²) < 4.78 is 6.65. The van der Waals surface area contributed by atoms with E-state index in [1.165, 1.54) is 16.8 Å². The number of aromatic nitrogens is 1. The number of carbonyl (C=O) groups is 1. The van der Waals surface area contributed by atoms with Crippen molar-refractivity contribution in [2.75, 3.05) is 7.11 Å². The lowest BCUT2D eigenvalue weighted by Crippen LogP contribution is -2.31. The first-order valence-corrected chi connectivity index (χ1v) is 8.87. The minimum absolute atomic E-state index is 0.00766. The summed E-state index contributed by atoms with van der Waals surface area (Å²) in [7, 11) is 1.55. The predicted molar refractivity (Wildman–Crippen MR) is 109 cm³/mol. The van der Waals surface area contributed by atoms with Crippen LogP contribution in [0.5, 0.6) is 5.75 Å². The molecule has 0 aliphatic rings. The fraction of sp³-hybridized carbons (Fsp3) is 0.0952. The fourth-order valence-corrected chi connectivity index (χ4v) is 2.83. The number of hydrazone groups is 1. The molecule has 1 N–H and O–H groups in total. The number of nitrogens with zero attached hydrogens (tertiary/aromatic N) is 2. The predicted octanol–water partition coefficient (Wildman–Crippen LogP) is 3.32. The number of carbonyl (C=O) groups excluding carboxylic acids is 1. The van der Waals surface area contributed by atoms with Crippen LogP contribution in [0.1, 0.15) is 21.5 Å². The first kappa shape index (κ1) is 19.4. The Morgan fingerprint density at radius 2 is 1.89 bits per heavy atom. The van der Waals surface area contributed by atoms with E-state index in [1.54, 1.807) is 37.6 Å². The van der Waals surface area contributed by atoms with Crippen LogP contribution in [-0.2, 0) is 6.54 Å². The molecule has 0 aliphatic carbocycles. The highest BCUT2D eigenvalue weighted by Crippen LogP contribution is 2.16. The summed E-state index contributed by atoms with van der Waals surface area (Å²) in [5, 5.41) is 4.48. The molecule has 1 aromatic heterocycles. The Morgan fingerprint density at radius 3 is 2.68 bits per heavy atom. The monoisotopic (exact) mass is 395 g/mol. The van der Waals surface area contributed by atoms with Gasteiger partial charge in [-0.1, -0.05) is 41.9 Å². The molecule has 1 heterocycles. The molecule has 6 nitrogen and oxygen atoms in total. The standard InChI is InChI=1S/C21H18ClN3O3/c1-28-19-11-5-3-7-15(19)13-23-24-20(26)17-9-6-12-25(21(17)27)14-16-8-2-4-10-18(16)22/h2-13H,14H2,1H3,(H,24,26)/b23-13-. The fourth-order valence-electron chi connectivity index (χ4n) is 2.64. The van der Waals surface area contributed by atoms with Crippen LogP contribution in [0.25, 0.3) is 0 Å². The van der Waals surface area contributed by atoms with E-state index in [9.17, 15) is 9.59 Å². The van der Waals surface area contributed by atoms with Crippen LogP contribution in [-0.4, -0.2) is 23.8 Å². The van der Waals surface area contributed by atoms with Gasteiger partial charge < -0.3 is 9.30 Å². The maximum atomic E-state index is 12.6. The van der Waals surface area contributed by atoms with Gasteiger partial charge in [0.15, 0.2) is 0 Å². The smallest absolute Gasteiger partial charge is 0.276 e. The molecular weight excluding hydrogens is 378 g/mol. The molecule has 0 atom stereocenters. The topological polar surface area (TPSA) is 72.7 Å². The van der Waals surface area contributed by atoms with E-state index < -0.39 is 11.5 Å². The highest BCUT2D eigenvalue weighted by Gasteiger charge is 2.12. The third kappa shape index (κ3) is 4.47. The van der Waals surface area contributed by atoms with Crippen molar-refractivity contribution in [3.8, 4) is 5.75 Å². The molecule has 7 heteroatoms. The molecule has 0 saturated heterocycles. The van der Waals surface area contributed by atoms with E-state index >= 15 is 0 Å². The van der Waals surface area contributed by atoms with E-state index in [2.05, 4.69) is 10.5 Å². The molecule has 0 bridgehead atoms. The molecule has 1 amide bonds. The zero-order valence-electron chi connectivity index (χ0n) is 15.1. The second kappa shape index (κ2) is 9.01. The van der Waals surface area contributed by atoms with Crippen molar-refractivity contribution in [1.29, 1.82) is 0 Å². The lowest BCUT2D eigenvalue weighted by molar-refractivity contribution is 0.0953. The van der Waals surface area contributed by atoms with Crippen LogP contribution in [0.2, 0.25) is 5.02 Å². The largest absolute Gasteiger partial charge is 0.496 e. The van der Waals surface area contributed by atoms with Crippen LogP contribution in [0.4, 0.5) is 0 Å². The van der Waals surface area contributed by atoms with Crippen molar-refractivity contribution in [3.63, 3.8) is 0 Å². The van der Waals surface area contributed by atoms with Gasteiger partial charge in [-0.3, -0.25) is 9.59 Å². The minimum atomic E-state index is -0.593. The number of halogens is 1. The van der Waals surface area contributed by atoms with Crippen LogP contribution in [0.15, 0.2) is 76.8 Å². The molecule has 142 valence electrons. The Kier molecular flexibility index (Phi) is 6.24. The van der Waals surface area contributed by atoms with Gasteiger partial charge in [-0.05, 0) is 35.9 Å². The Bertz CT molecular complexity index is 1080. The molecule has 28 heavy (non-hydrogen) atoms. The number of nitrogens with one attached hydrogen (secondary N) is 1. The summed E-state index contributed by atoms with van der Waals surface area (Å²) in [6, 6.07) is 17.6. The summed E-state index contributed by atoms with van der Waals surface area (Å²) in [5.74, 6) is 0.0342. The maximum absolute atomic E-state index is 12.6. The Morgan fingerprint density at radius 1 is 1.14 bits per heavy atom. The van der Waals surface area contributed by atoms with E-state index in [1.807, 2.05) is 30.3 Å². The molecule has 0 fully saturated rings. The number of hydrogen-bond acceptors (Lipinski definition) is 4. The van der Waals surface area contributed by atoms with Crippen LogP contribution in [0, 0.1) is 0 Å². The van der Waals surface area contributed by atoms with E-state index in [4.69, 9.17) is 16.3 Å². The van der Waals surface area contributed by atoms with Gasteiger partial charge in [-0.25, -0.2) is 5.43 Å². The average molecular weight is 396 g/mol. The van der Waals surface area contributed by atoms with Gasteiger partial charge in [0.1, 0.15) is 11.3 Å². The number of benzene rings is 2. The van der Waals surface area contributed by atoms with Gasteiger partial charge in [0.05, 0.1) is 19.9 Å². The lowest BCUT2D eigenvalue weighted by atomic mass is 10.2. The molecule has 0 spiro atoms. The van der Waals surface area contributed by atoms with Crippen molar-refractivity contribution >= 4 is 23.7 Å². The second-order valence-electron chi connectivity index (χ2n) is 5.89. The Hall–Kier alpha value is -3.38. The number of ether oxygens (including phenoxy) is 1. The summed E-state index contributed by atoms with van der Waals surface area (Å²) in [4.78, 5) is 25.0. The third-order valence-electron chi connectivity index (χ3n) is 4.07. The lowest BCUT2D eigenvalue weighted by Gasteiger charge is -2.09.